The van der Waals surface area contributed by atoms with Crippen LogP contribution in [-0.4, -0.2) is 4.98 Å². The van der Waals surface area contributed by atoms with Crippen molar-refractivity contribution in [2.75, 3.05) is 4.90 Å². The van der Waals surface area contributed by atoms with E-state index in [4.69, 9.17) is 13.8 Å². The second kappa shape index (κ2) is 8.61. The van der Waals surface area contributed by atoms with Gasteiger partial charge in [0.1, 0.15) is 16.7 Å². The van der Waals surface area contributed by atoms with Gasteiger partial charge in [0.25, 0.3) is 0 Å². The van der Waals surface area contributed by atoms with E-state index in [2.05, 4.69) is 95.9 Å². The minimum atomic E-state index is 0.504. The molecule has 0 aliphatic rings. The zero-order valence-electron chi connectivity index (χ0n) is 20.9. The van der Waals surface area contributed by atoms with Crippen LogP contribution in [0.2, 0.25) is 0 Å². The molecular formula is C35H22N2O2. The molecular weight excluding hydrogens is 480 g/mol. The fraction of sp³-hybridized carbons (Fsp3) is 0. The fourth-order valence-corrected chi connectivity index (χ4v) is 5.40. The number of para-hydroxylation sites is 1. The van der Waals surface area contributed by atoms with Gasteiger partial charge in [0.15, 0.2) is 5.58 Å². The van der Waals surface area contributed by atoms with Crippen LogP contribution in [-0.2, 0) is 0 Å². The molecule has 0 radical (unpaired) electrons. The normalized spacial score (nSPS) is 11.6. The van der Waals surface area contributed by atoms with Crippen LogP contribution in [0.25, 0.3) is 54.9 Å². The molecule has 4 nitrogen and oxygen atoms in total. The highest BCUT2D eigenvalue weighted by Crippen LogP contribution is 2.40. The summed E-state index contributed by atoms with van der Waals surface area (Å²) in [6.07, 6.45) is 0. The summed E-state index contributed by atoms with van der Waals surface area (Å²) in [6, 6.07) is 46.1. The Morgan fingerprint density at radius 3 is 2.05 bits per heavy atom. The van der Waals surface area contributed by atoms with Crippen molar-refractivity contribution in [2.24, 2.45) is 0 Å². The maximum absolute atomic E-state index is 6.52. The van der Waals surface area contributed by atoms with Gasteiger partial charge in [-0.1, -0.05) is 91.0 Å². The van der Waals surface area contributed by atoms with Gasteiger partial charge in [-0.3, -0.25) is 4.90 Å². The van der Waals surface area contributed by atoms with Gasteiger partial charge >= 0.3 is 6.01 Å². The third-order valence-corrected chi connectivity index (χ3v) is 7.31. The third-order valence-electron chi connectivity index (χ3n) is 7.31. The highest BCUT2D eigenvalue weighted by molar-refractivity contribution is 6.06. The molecule has 6 aromatic carbocycles. The lowest BCUT2D eigenvalue weighted by molar-refractivity contribution is 0.611. The number of anilines is 3. The first-order valence-corrected chi connectivity index (χ1v) is 13.0. The first-order valence-electron chi connectivity index (χ1n) is 13.0. The standard InChI is InChI=1S/C35H22N2O2/c1-2-8-23(9-3-1)24-14-17-26(18-15-24)37(27-19-20-30-29-12-6-7-13-32(29)38-33(30)22-27)35-36-31-21-16-25-10-4-5-11-28(25)34(31)39-35/h1-22H. The average molecular weight is 503 g/mol. The Labute approximate surface area is 224 Å². The van der Waals surface area contributed by atoms with E-state index in [1.807, 2.05) is 42.5 Å². The van der Waals surface area contributed by atoms with Gasteiger partial charge in [-0.15, -0.1) is 0 Å². The zero-order chi connectivity index (χ0) is 25.8. The van der Waals surface area contributed by atoms with Crippen LogP contribution in [0.1, 0.15) is 0 Å². The lowest BCUT2D eigenvalue weighted by Gasteiger charge is -2.21. The summed E-state index contributed by atoms with van der Waals surface area (Å²) >= 11 is 0. The zero-order valence-corrected chi connectivity index (χ0v) is 20.9. The van der Waals surface area contributed by atoms with Crippen LogP contribution in [0.15, 0.2) is 142 Å². The maximum Gasteiger partial charge on any atom is 0.307 e. The monoisotopic (exact) mass is 502 g/mol. The Hall–Kier alpha value is -5.35. The second-order valence-corrected chi connectivity index (χ2v) is 9.66. The number of benzene rings is 6. The van der Waals surface area contributed by atoms with Crippen molar-refractivity contribution in [3.63, 3.8) is 0 Å². The molecule has 0 aliphatic carbocycles. The second-order valence-electron chi connectivity index (χ2n) is 9.66. The minimum Gasteiger partial charge on any atom is -0.456 e. The van der Waals surface area contributed by atoms with E-state index in [1.165, 1.54) is 5.56 Å². The number of rotatable bonds is 4. The first kappa shape index (κ1) is 21.7. The predicted octanol–water partition coefficient (Wildman–Crippen LogP) is 10.0. The molecule has 2 aromatic heterocycles. The van der Waals surface area contributed by atoms with Crippen LogP contribution in [0.3, 0.4) is 0 Å². The Bertz CT molecular complexity index is 2120. The van der Waals surface area contributed by atoms with Crippen molar-refractivity contribution in [1.82, 2.24) is 4.98 Å². The lowest BCUT2D eigenvalue weighted by atomic mass is 10.1. The van der Waals surface area contributed by atoms with Crippen LogP contribution >= 0.6 is 0 Å². The van der Waals surface area contributed by atoms with Crippen molar-refractivity contribution in [3.05, 3.63) is 133 Å². The molecule has 4 heteroatoms. The fourth-order valence-electron chi connectivity index (χ4n) is 5.40. The minimum absolute atomic E-state index is 0.504. The van der Waals surface area contributed by atoms with E-state index in [-0.39, 0.29) is 0 Å². The summed E-state index contributed by atoms with van der Waals surface area (Å²) in [7, 11) is 0. The average Bonchev–Trinajstić information content (AvgIpc) is 3.59. The molecule has 0 saturated carbocycles. The van der Waals surface area contributed by atoms with Crippen molar-refractivity contribution in [3.8, 4) is 11.1 Å². The van der Waals surface area contributed by atoms with Gasteiger partial charge in [0.05, 0.1) is 11.4 Å². The van der Waals surface area contributed by atoms with Gasteiger partial charge < -0.3 is 8.83 Å². The van der Waals surface area contributed by atoms with Crippen LogP contribution in [0.4, 0.5) is 17.4 Å². The molecule has 184 valence electrons. The molecule has 0 N–H and O–H groups in total. The molecule has 8 aromatic rings. The number of furan rings is 1. The topological polar surface area (TPSA) is 42.4 Å². The Morgan fingerprint density at radius 1 is 0.487 bits per heavy atom. The van der Waals surface area contributed by atoms with Crippen molar-refractivity contribution < 1.29 is 8.83 Å². The van der Waals surface area contributed by atoms with Crippen molar-refractivity contribution in [1.29, 1.82) is 0 Å². The van der Waals surface area contributed by atoms with E-state index >= 15 is 0 Å². The van der Waals surface area contributed by atoms with Crippen LogP contribution in [0.5, 0.6) is 0 Å². The molecule has 0 fully saturated rings. The van der Waals surface area contributed by atoms with Gasteiger partial charge in [0.2, 0.25) is 0 Å². The SMILES string of the molecule is c1ccc(-c2ccc(N(c3ccc4c(c3)oc3ccccc34)c3nc4ccc5ccccc5c4o3)cc2)cc1. The van der Waals surface area contributed by atoms with Gasteiger partial charge in [-0.2, -0.15) is 4.98 Å². The molecule has 8 rings (SSSR count). The van der Waals surface area contributed by atoms with Gasteiger partial charge in [-0.25, -0.2) is 0 Å². The highest BCUT2D eigenvalue weighted by Gasteiger charge is 2.21. The molecule has 39 heavy (non-hydrogen) atoms. The molecule has 0 bridgehead atoms. The largest absolute Gasteiger partial charge is 0.456 e. The van der Waals surface area contributed by atoms with E-state index in [0.717, 1.165) is 60.7 Å². The molecule has 2 heterocycles. The number of oxazole rings is 1. The van der Waals surface area contributed by atoms with E-state index in [1.54, 1.807) is 0 Å². The summed E-state index contributed by atoms with van der Waals surface area (Å²) in [5, 5.41) is 4.35. The number of nitrogens with zero attached hydrogens (tertiary/aromatic N) is 2. The molecule has 0 unspecified atom stereocenters. The highest BCUT2D eigenvalue weighted by atomic mass is 16.4. The molecule has 0 amide bonds. The van der Waals surface area contributed by atoms with Crippen molar-refractivity contribution >= 4 is 61.2 Å². The number of aromatic nitrogens is 1. The molecule has 0 aliphatic heterocycles. The number of fused-ring (bicyclic) bond motifs is 6. The maximum atomic E-state index is 6.52. The van der Waals surface area contributed by atoms with Crippen LogP contribution in [0, 0.1) is 0 Å². The smallest absolute Gasteiger partial charge is 0.307 e. The lowest BCUT2D eigenvalue weighted by Crippen LogP contribution is -2.10. The van der Waals surface area contributed by atoms with E-state index in [9.17, 15) is 0 Å². The molecule has 0 atom stereocenters. The number of hydrogen-bond donors (Lipinski definition) is 0. The Morgan fingerprint density at radius 2 is 1.18 bits per heavy atom. The summed E-state index contributed by atoms with van der Waals surface area (Å²) in [4.78, 5) is 7.00. The van der Waals surface area contributed by atoms with Crippen LogP contribution < -0.4 is 4.90 Å². The first-order chi connectivity index (χ1) is 19.3. The summed E-state index contributed by atoms with van der Waals surface area (Å²) in [5.41, 5.74) is 7.46. The Balaban J connectivity index is 1.32. The Kier molecular flexibility index (Phi) is 4.79. The molecule has 0 spiro atoms. The summed E-state index contributed by atoms with van der Waals surface area (Å²) in [5.74, 6) is 0. The predicted molar refractivity (Wildman–Crippen MR) is 159 cm³/mol. The third kappa shape index (κ3) is 3.57. The molecule has 0 saturated heterocycles. The van der Waals surface area contributed by atoms with E-state index < -0.39 is 0 Å². The van der Waals surface area contributed by atoms with Gasteiger partial charge in [0, 0.05) is 22.2 Å². The van der Waals surface area contributed by atoms with Crippen molar-refractivity contribution in [2.45, 2.75) is 0 Å². The number of hydrogen-bond acceptors (Lipinski definition) is 4. The quantitative estimate of drug-likeness (QED) is 0.240. The summed E-state index contributed by atoms with van der Waals surface area (Å²) in [6.45, 7) is 0. The van der Waals surface area contributed by atoms with E-state index in [0.29, 0.717) is 6.01 Å². The van der Waals surface area contributed by atoms with Gasteiger partial charge in [-0.05, 0) is 52.9 Å². The summed E-state index contributed by atoms with van der Waals surface area (Å²) < 4.78 is 12.8.